The van der Waals surface area contributed by atoms with E-state index in [4.69, 9.17) is 11.6 Å². The van der Waals surface area contributed by atoms with Gasteiger partial charge >= 0.3 is 0 Å². The van der Waals surface area contributed by atoms with Crippen molar-refractivity contribution in [2.45, 2.75) is 27.2 Å². The molecule has 0 N–H and O–H groups in total. The molecule has 0 aliphatic carbocycles. The second-order valence-electron chi connectivity index (χ2n) is 7.03. The quantitative estimate of drug-likeness (QED) is 0.829. The lowest BCUT2D eigenvalue weighted by molar-refractivity contribution is -0.134. The minimum Gasteiger partial charge on any atom is -0.339 e. The van der Waals surface area contributed by atoms with Crippen LogP contribution >= 0.6 is 11.6 Å². The molecule has 0 aromatic heterocycles. The SMILES string of the molecule is CC(C)(C)CC(=O)N1CCN(C(=O)c2ccc(F)cc2Cl)CC1. The lowest BCUT2D eigenvalue weighted by Crippen LogP contribution is -2.51. The van der Waals surface area contributed by atoms with E-state index in [1.807, 2.05) is 20.8 Å². The molecule has 1 saturated heterocycles. The Morgan fingerprint density at radius 3 is 2.22 bits per heavy atom. The fourth-order valence-corrected chi connectivity index (χ4v) is 2.81. The first kappa shape index (κ1) is 17.7. The summed E-state index contributed by atoms with van der Waals surface area (Å²) in [5.74, 6) is -0.577. The van der Waals surface area contributed by atoms with E-state index >= 15 is 0 Å². The molecule has 2 rings (SSSR count). The van der Waals surface area contributed by atoms with Crippen LogP contribution in [0, 0.1) is 11.2 Å². The van der Waals surface area contributed by atoms with Gasteiger partial charge in [0.05, 0.1) is 10.6 Å². The Kier molecular flexibility index (Phi) is 5.30. The first-order valence-corrected chi connectivity index (χ1v) is 8.07. The van der Waals surface area contributed by atoms with Gasteiger partial charge in [-0.25, -0.2) is 4.39 Å². The van der Waals surface area contributed by atoms with Crippen LogP contribution in [-0.4, -0.2) is 47.8 Å². The maximum absolute atomic E-state index is 13.1. The van der Waals surface area contributed by atoms with Gasteiger partial charge in [0, 0.05) is 32.6 Å². The fraction of sp³-hybridized carbons (Fsp3) is 0.529. The van der Waals surface area contributed by atoms with Crippen molar-refractivity contribution in [3.8, 4) is 0 Å². The highest BCUT2D eigenvalue weighted by Crippen LogP contribution is 2.22. The van der Waals surface area contributed by atoms with Crippen LogP contribution in [0.3, 0.4) is 0 Å². The highest BCUT2D eigenvalue weighted by molar-refractivity contribution is 6.33. The molecule has 1 aromatic carbocycles. The van der Waals surface area contributed by atoms with E-state index in [0.717, 1.165) is 6.07 Å². The van der Waals surface area contributed by atoms with Gasteiger partial charge < -0.3 is 9.80 Å². The summed E-state index contributed by atoms with van der Waals surface area (Å²) in [6.45, 7) is 8.04. The third-order valence-corrected chi connectivity index (χ3v) is 4.08. The third kappa shape index (κ3) is 4.67. The summed E-state index contributed by atoms with van der Waals surface area (Å²) in [6.07, 6.45) is 0.491. The molecule has 23 heavy (non-hydrogen) atoms. The van der Waals surface area contributed by atoms with Crippen LogP contribution in [0.2, 0.25) is 5.02 Å². The highest BCUT2D eigenvalue weighted by Gasteiger charge is 2.27. The van der Waals surface area contributed by atoms with Crippen LogP contribution in [0.15, 0.2) is 18.2 Å². The van der Waals surface area contributed by atoms with E-state index in [1.54, 1.807) is 9.80 Å². The van der Waals surface area contributed by atoms with E-state index in [9.17, 15) is 14.0 Å². The molecule has 1 heterocycles. The summed E-state index contributed by atoms with van der Waals surface area (Å²) in [5, 5.41) is 0.112. The molecule has 0 saturated carbocycles. The van der Waals surface area contributed by atoms with Crippen molar-refractivity contribution in [3.05, 3.63) is 34.6 Å². The summed E-state index contributed by atoms with van der Waals surface area (Å²) in [7, 11) is 0. The zero-order valence-electron chi connectivity index (χ0n) is 13.7. The number of rotatable bonds is 2. The molecule has 0 bridgehead atoms. The van der Waals surface area contributed by atoms with Gasteiger partial charge in [0.15, 0.2) is 0 Å². The molecule has 1 fully saturated rings. The first-order chi connectivity index (χ1) is 10.7. The normalized spacial score (nSPS) is 15.7. The predicted octanol–water partition coefficient (Wildman–Crippen LogP) is 3.20. The van der Waals surface area contributed by atoms with Crippen molar-refractivity contribution in [1.29, 1.82) is 0 Å². The van der Waals surface area contributed by atoms with Crippen LogP contribution in [0.5, 0.6) is 0 Å². The fourth-order valence-electron chi connectivity index (χ4n) is 2.56. The van der Waals surface area contributed by atoms with E-state index in [2.05, 4.69) is 0 Å². The molecule has 0 radical (unpaired) electrons. The molecule has 6 heteroatoms. The number of hydrogen-bond acceptors (Lipinski definition) is 2. The number of carbonyl (C=O) groups excluding carboxylic acids is 2. The van der Waals surface area contributed by atoms with Crippen LogP contribution in [0.4, 0.5) is 4.39 Å². The Balaban J connectivity index is 1.96. The second-order valence-corrected chi connectivity index (χ2v) is 7.44. The standard InChI is InChI=1S/C17H22ClFN2O2/c1-17(2,3)11-15(22)20-6-8-21(9-7-20)16(23)13-5-4-12(19)10-14(13)18/h4-5,10H,6-9,11H2,1-3H3. The van der Waals surface area contributed by atoms with Crippen molar-refractivity contribution < 1.29 is 14.0 Å². The van der Waals surface area contributed by atoms with Crippen LogP contribution in [0.25, 0.3) is 0 Å². The molecule has 1 aromatic rings. The third-order valence-electron chi connectivity index (χ3n) is 3.76. The van der Waals surface area contributed by atoms with Crippen LogP contribution in [-0.2, 0) is 4.79 Å². The number of halogens is 2. The number of hydrogen-bond donors (Lipinski definition) is 0. The van der Waals surface area contributed by atoms with Crippen molar-refractivity contribution in [2.75, 3.05) is 26.2 Å². The topological polar surface area (TPSA) is 40.6 Å². The summed E-state index contributed by atoms with van der Waals surface area (Å²) >= 11 is 5.94. The molecule has 0 spiro atoms. The van der Waals surface area contributed by atoms with Gasteiger partial charge in [-0.3, -0.25) is 9.59 Å². The Labute approximate surface area is 141 Å². The number of piperazine rings is 1. The van der Waals surface area contributed by atoms with Gasteiger partial charge in [-0.1, -0.05) is 32.4 Å². The minimum absolute atomic E-state index is 0.0499. The van der Waals surface area contributed by atoms with Gasteiger partial charge in [0.2, 0.25) is 5.91 Å². The van der Waals surface area contributed by atoms with E-state index in [-0.39, 0.29) is 22.3 Å². The average molecular weight is 341 g/mol. The molecule has 2 amide bonds. The molecule has 1 aliphatic heterocycles. The van der Waals surface area contributed by atoms with Gasteiger partial charge in [0.25, 0.3) is 5.91 Å². The average Bonchev–Trinajstić information content (AvgIpc) is 2.45. The first-order valence-electron chi connectivity index (χ1n) is 7.69. The Bertz CT molecular complexity index is 605. The van der Waals surface area contributed by atoms with Crippen molar-refractivity contribution >= 4 is 23.4 Å². The van der Waals surface area contributed by atoms with Gasteiger partial charge in [-0.05, 0) is 23.6 Å². The predicted molar refractivity (Wildman–Crippen MR) is 88.0 cm³/mol. The van der Waals surface area contributed by atoms with Crippen LogP contribution in [0.1, 0.15) is 37.6 Å². The second kappa shape index (κ2) is 6.87. The highest BCUT2D eigenvalue weighted by atomic mass is 35.5. The van der Waals surface area contributed by atoms with Gasteiger partial charge in [0.1, 0.15) is 5.82 Å². The monoisotopic (exact) mass is 340 g/mol. The maximum atomic E-state index is 13.1. The lowest BCUT2D eigenvalue weighted by Gasteiger charge is -2.36. The Morgan fingerprint density at radius 1 is 1.13 bits per heavy atom. The molecule has 4 nitrogen and oxygen atoms in total. The van der Waals surface area contributed by atoms with E-state index in [1.165, 1.54) is 12.1 Å². The summed E-state index contributed by atoms with van der Waals surface area (Å²) in [5.41, 5.74) is 0.244. The molecule has 126 valence electrons. The van der Waals surface area contributed by atoms with Crippen molar-refractivity contribution in [3.63, 3.8) is 0 Å². The largest absolute Gasteiger partial charge is 0.339 e. The molecule has 0 atom stereocenters. The Hall–Kier alpha value is -1.62. The molecule has 0 unspecified atom stereocenters. The molecular weight excluding hydrogens is 319 g/mol. The lowest BCUT2D eigenvalue weighted by atomic mass is 9.91. The zero-order chi connectivity index (χ0) is 17.2. The summed E-state index contributed by atoms with van der Waals surface area (Å²) in [4.78, 5) is 28.1. The maximum Gasteiger partial charge on any atom is 0.255 e. The number of nitrogens with zero attached hydrogens (tertiary/aromatic N) is 2. The summed E-state index contributed by atoms with van der Waals surface area (Å²) in [6, 6.07) is 3.76. The van der Waals surface area contributed by atoms with Crippen molar-refractivity contribution in [2.24, 2.45) is 5.41 Å². The molecular formula is C17H22ClFN2O2. The van der Waals surface area contributed by atoms with Gasteiger partial charge in [-0.2, -0.15) is 0 Å². The van der Waals surface area contributed by atoms with Crippen molar-refractivity contribution in [1.82, 2.24) is 9.80 Å². The molecule has 1 aliphatic rings. The summed E-state index contributed by atoms with van der Waals surface area (Å²) < 4.78 is 13.1. The number of benzene rings is 1. The zero-order valence-corrected chi connectivity index (χ0v) is 14.5. The number of amides is 2. The number of carbonyl (C=O) groups is 2. The van der Waals surface area contributed by atoms with Gasteiger partial charge in [-0.15, -0.1) is 0 Å². The Morgan fingerprint density at radius 2 is 1.70 bits per heavy atom. The van der Waals surface area contributed by atoms with Crippen LogP contribution < -0.4 is 0 Å². The smallest absolute Gasteiger partial charge is 0.255 e. The van der Waals surface area contributed by atoms with E-state index in [0.29, 0.717) is 38.2 Å². The minimum atomic E-state index is -0.468. The van der Waals surface area contributed by atoms with E-state index < -0.39 is 5.82 Å².